The molecular weight excluding hydrogens is 424 g/mol. The van der Waals surface area contributed by atoms with Crippen LogP contribution >= 0.6 is 0 Å². The van der Waals surface area contributed by atoms with Crippen molar-refractivity contribution in [2.45, 2.75) is 25.7 Å². The summed E-state index contributed by atoms with van der Waals surface area (Å²) < 4.78 is 5.67. The largest absolute Gasteiger partial charge is 0.276 e. The van der Waals surface area contributed by atoms with Crippen LogP contribution in [0.2, 0.25) is 0 Å². The molecule has 0 bridgehead atoms. The molecule has 0 saturated carbocycles. The Morgan fingerprint density at radius 3 is 2.62 bits per heavy atom. The Morgan fingerprint density at radius 2 is 1.82 bits per heavy atom. The number of hydrogen-bond acceptors (Lipinski definition) is 5. The predicted octanol–water partition coefficient (Wildman–Crippen LogP) is 3.29. The standard InChI is InChI=1S/C26H26N8/c1-32-10-9-21(30-32)13-24-27-14-19-7-8-22-25(26(19)29-24)23(34(3)31-22)12-17-5-4-6-18(11-17)20-15-28-33(2)16-20/h4-6,9-11,14-16H,7-8,12-13H2,1-3H3. The number of nitrogens with zero attached hydrogens (tertiary/aromatic N) is 8. The summed E-state index contributed by atoms with van der Waals surface area (Å²) in [6, 6.07) is 10.7. The second kappa shape index (κ2) is 8.06. The zero-order chi connectivity index (χ0) is 23.2. The number of aromatic nitrogens is 8. The van der Waals surface area contributed by atoms with Crippen molar-refractivity contribution in [1.82, 2.24) is 39.3 Å². The van der Waals surface area contributed by atoms with Crippen molar-refractivity contribution in [2.75, 3.05) is 0 Å². The van der Waals surface area contributed by atoms with Crippen molar-refractivity contribution < 1.29 is 0 Å². The summed E-state index contributed by atoms with van der Waals surface area (Å²) in [5.41, 5.74) is 10.2. The van der Waals surface area contributed by atoms with Gasteiger partial charge in [-0.15, -0.1) is 0 Å². The highest BCUT2D eigenvalue weighted by Gasteiger charge is 2.26. The molecule has 5 aromatic rings. The average Bonchev–Trinajstić information content (AvgIpc) is 3.53. The smallest absolute Gasteiger partial charge is 0.134 e. The quantitative estimate of drug-likeness (QED) is 0.411. The first kappa shape index (κ1) is 20.5. The minimum Gasteiger partial charge on any atom is -0.276 e. The molecule has 1 aliphatic rings. The van der Waals surface area contributed by atoms with Gasteiger partial charge in [-0.1, -0.05) is 24.3 Å². The monoisotopic (exact) mass is 450 g/mol. The van der Waals surface area contributed by atoms with E-state index in [1.54, 1.807) is 0 Å². The second-order valence-corrected chi connectivity index (χ2v) is 8.99. The molecule has 8 heteroatoms. The first-order valence-corrected chi connectivity index (χ1v) is 11.5. The molecule has 0 radical (unpaired) electrons. The Morgan fingerprint density at radius 1 is 0.912 bits per heavy atom. The molecule has 0 saturated heterocycles. The fourth-order valence-corrected chi connectivity index (χ4v) is 4.80. The number of hydrogen-bond donors (Lipinski definition) is 0. The molecule has 0 fully saturated rings. The molecule has 0 unspecified atom stereocenters. The molecule has 0 amide bonds. The third kappa shape index (κ3) is 3.71. The maximum atomic E-state index is 5.02. The Hall–Kier alpha value is -4.07. The number of aryl methyl sites for hydroxylation is 5. The maximum Gasteiger partial charge on any atom is 0.134 e. The van der Waals surface area contributed by atoms with Crippen LogP contribution in [0.25, 0.3) is 22.4 Å². The van der Waals surface area contributed by atoms with Crippen LogP contribution in [0.5, 0.6) is 0 Å². The van der Waals surface area contributed by atoms with Crippen LogP contribution in [0, 0.1) is 0 Å². The van der Waals surface area contributed by atoms with Crippen LogP contribution in [0.1, 0.15) is 34.0 Å². The van der Waals surface area contributed by atoms with Gasteiger partial charge < -0.3 is 0 Å². The minimum atomic E-state index is 0.617. The van der Waals surface area contributed by atoms with Crippen LogP contribution in [0.4, 0.5) is 0 Å². The minimum absolute atomic E-state index is 0.617. The Labute approximate surface area is 197 Å². The van der Waals surface area contributed by atoms with Gasteiger partial charge in [0.25, 0.3) is 0 Å². The molecule has 1 aromatic carbocycles. The lowest BCUT2D eigenvalue weighted by atomic mass is 9.91. The van der Waals surface area contributed by atoms with E-state index in [-0.39, 0.29) is 0 Å². The van der Waals surface area contributed by atoms with Crippen molar-refractivity contribution in [1.29, 1.82) is 0 Å². The van der Waals surface area contributed by atoms with Gasteiger partial charge in [0.15, 0.2) is 0 Å². The zero-order valence-corrected chi connectivity index (χ0v) is 19.6. The van der Waals surface area contributed by atoms with E-state index in [1.807, 2.05) is 66.0 Å². The Bertz CT molecular complexity index is 1500. The lowest BCUT2D eigenvalue weighted by molar-refractivity contribution is 0.705. The summed E-state index contributed by atoms with van der Waals surface area (Å²) in [7, 11) is 5.90. The predicted molar refractivity (Wildman–Crippen MR) is 129 cm³/mol. The topological polar surface area (TPSA) is 79.2 Å². The number of fused-ring (bicyclic) bond motifs is 3. The fourth-order valence-electron chi connectivity index (χ4n) is 4.80. The van der Waals surface area contributed by atoms with Gasteiger partial charge in [-0.3, -0.25) is 14.0 Å². The van der Waals surface area contributed by atoms with Crippen molar-refractivity contribution in [3.63, 3.8) is 0 Å². The molecule has 0 N–H and O–H groups in total. The van der Waals surface area contributed by atoms with E-state index < -0.39 is 0 Å². The molecule has 34 heavy (non-hydrogen) atoms. The molecular formula is C26H26N8. The van der Waals surface area contributed by atoms with E-state index in [4.69, 9.17) is 10.1 Å². The van der Waals surface area contributed by atoms with E-state index >= 15 is 0 Å². The summed E-state index contributed by atoms with van der Waals surface area (Å²) in [6.45, 7) is 0. The van der Waals surface area contributed by atoms with Gasteiger partial charge in [0.2, 0.25) is 0 Å². The van der Waals surface area contributed by atoms with E-state index in [1.165, 1.54) is 27.9 Å². The molecule has 0 atom stereocenters. The van der Waals surface area contributed by atoms with Gasteiger partial charge in [-0.2, -0.15) is 15.3 Å². The molecule has 170 valence electrons. The van der Waals surface area contributed by atoms with E-state index in [2.05, 4.69) is 39.4 Å². The van der Waals surface area contributed by atoms with Gasteiger partial charge in [-0.05, 0) is 35.6 Å². The lowest BCUT2D eigenvalue weighted by Gasteiger charge is -2.16. The Balaban J connectivity index is 1.37. The third-order valence-corrected chi connectivity index (χ3v) is 6.47. The van der Waals surface area contributed by atoms with Gasteiger partial charge >= 0.3 is 0 Å². The highest BCUT2D eigenvalue weighted by Crippen LogP contribution is 2.35. The molecule has 4 aromatic heterocycles. The van der Waals surface area contributed by atoms with Crippen molar-refractivity contribution >= 4 is 0 Å². The average molecular weight is 451 g/mol. The highest BCUT2D eigenvalue weighted by atomic mass is 15.3. The van der Waals surface area contributed by atoms with Crippen molar-refractivity contribution in [2.24, 2.45) is 21.1 Å². The van der Waals surface area contributed by atoms with Gasteiger partial charge in [-0.25, -0.2) is 9.97 Å². The summed E-state index contributed by atoms with van der Waals surface area (Å²) in [5.74, 6) is 0.790. The van der Waals surface area contributed by atoms with E-state index in [0.717, 1.165) is 47.7 Å². The SMILES string of the molecule is Cn1cc(-c2cccc(Cc3c4c(nn3C)CCc3cnc(Cc5ccn(C)n5)nc3-4)c2)cn1. The number of benzene rings is 1. The fraction of sp³-hybridized carbons (Fsp3) is 0.269. The van der Waals surface area contributed by atoms with Gasteiger partial charge in [0.05, 0.1) is 35.4 Å². The number of rotatable bonds is 5. The molecule has 0 spiro atoms. The zero-order valence-electron chi connectivity index (χ0n) is 19.6. The molecule has 0 aliphatic heterocycles. The van der Waals surface area contributed by atoms with Crippen LogP contribution < -0.4 is 0 Å². The molecule has 8 nitrogen and oxygen atoms in total. The molecule has 4 heterocycles. The van der Waals surface area contributed by atoms with Gasteiger partial charge in [0, 0.05) is 57.3 Å². The lowest BCUT2D eigenvalue weighted by Crippen LogP contribution is -2.10. The Kier molecular flexibility index (Phi) is 4.86. The molecule has 1 aliphatic carbocycles. The van der Waals surface area contributed by atoms with Crippen LogP contribution in [0.3, 0.4) is 0 Å². The van der Waals surface area contributed by atoms with Crippen LogP contribution in [-0.2, 0) is 46.8 Å². The first-order chi connectivity index (χ1) is 16.5. The normalized spacial score (nSPS) is 12.6. The third-order valence-electron chi connectivity index (χ3n) is 6.47. The summed E-state index contributed by atoms with van der Waals surface area (Å²) in [5, 5.41) is 13.7. The van der Waals surface area contributed by atoms with E-state index in [0.29, 0.717) is 6.42 Å². The summed E-state index contributed by atoms with van der Waals surface area (Å²) in [4.78, 5) is 9.66. The van der Waals surface area contributed by atoms with Gasteiger partial charge in [0.1, 0.15) is 5.82 Å². The molecule has 6 rings (SSSR count). The van der Waals surface area contributed by atoms with Crippen LogP contribution in [0.15, 0.2) is 55.1 Å². The first-order valence-electron chi connectivity index (χ1n) is 11.5. The second-order valence-electron chi connectivity index (χ2n) is 8.99. The summed E-state index contributed by atoms with van der Waals surface area (Å²) in [6.07, 6.45) is 11.1. The van der Waals surface area contributed by atoms with Crippen molar-refractivity contribution in [3.8, 4) is 22.4 Å². The maximum absolute atomic E-state index is 5.02. The van der Waals surface area contributed by atoms with E-state index in [9.17, 15) is 0 Å². The summed E-state index contributed by atoms with van der Waals surface area (Å²) >= 11 is 0. The highest BCUT2D eigenvalue weighted by molar-refractivity contribution is 5.71. The van der Waals surface area contributed by atoms with Crippen molar-refractivity contribution in [3.05, 3.63) is 89.2 Å². The van der Waals surface area contributed by atoms with Crippen LogP contribution in [-0.4, -0.2) is 39.3 Å².